The minimum absolute atomic E-state index is 0.0301. The third-order valence-corrected chi connectivity index (χ3v) is 14.0. The van der Waals surface area contributed by atoms with Crippen LogP contribution in [-0.2, 0) is 10.8 Å². The smallest absolute Gasteiger partial charge is 0.0713 e. The summed E-state index contributed by atoms with van der Waals surface area (Å²) in [5, 5.41) is 2.51. The van der Waals surface area contributed by atoms with Crippen molar-refractivity contribution in [3.05, 3.63) is 270 Å². The Balaban J connectivity index is 0.920. The molecule has 0 heterocycles. The van der Waals surface area contributed by atoms with E-state index in [0.29, 0.717) is 0 Å². The summed E-state index contributed by atoms with van der Waals surface area (Å²) in [7, 11) is 0. The molecule has 10 aromatic rings. The monoisotopic (exact) mass is 803 g/mol. The third kappa shape index (κ3) is 5.70. The van der Waals surface area contributed by atoms with Crippen molar-refractivity contribution in [2.45, 2.75) is 24.7 Å². The standard InChI is InChI=1S/C62H45N/c1-61(2)55-22-12-24-57-59(55)60-56(61)23-13-25-58(60)62(57,48-18-7-4-8-19-48)49-34-26-43(27-35-49)45-30-38-51(39-31-45)63(50-36-28-44(29-37-50)42-14-5-3-6-15-42)52-40-32-47(33-41-52)54-21-11-17-46-16-9-10-20-53(46)54/h3-41H,1-2H3. The van der Waals surface area contributed by atoms with E-state index in [-0.39, 0.29) is 5.41 Å². The maximum Gasteiger partial charge on any atom is 0.0713 e. The lowest BCUT2D eigenvalue weighted by Crippen LogP contribution is -2.30. The molecule has 12 rings (SSSR count). The van der Waals surface area contributed by atoms with Gasteiger partial charge in [-0.3, -0.25) is 0 Å². The molecule has 0 saturated carbocycles. The number of hydrogen-bond donors (Lipinski definition) is 0. The molecule has 1 heteroatoms. The molecule has 1 nitrogen and oxygen atoms in total. The summed E-state index contributed by atoms with van der Waals surface area (Å²) < 4.78 is 0. The maximum absolute atomic E-state index is 2.38. The minimum Gasteiger partial charge on any atom is -0.311 e. The first-order chi connectivity index (χ1) is 31.0. The maximum atomic E-state index is 2.38. The molecule has 0 fully saturated rings. The Morgan fingerprint density at radius 1 is 0.302 bits per heavy atom. The zero-order chi connectivity index (χ0) is 42.1. The van der Waals surface area contributed by atoms with Gasteiger partial charge in [0.05, 0.1) is 5.41 Å². The first-order valence-corrected chi connectivity index (χ1v) is 22.1. The van der Waals surface area contributed by atoms with Crippen LogP contribution in [0.25, 0.3) is 55.3 Å². The van der Waals surface area contributed by atoms with Gasteiger partial charge in [-0.05, 0) is 125 Å². The number of rotatable bonds is 8. The summed E-state index contributed by atoms with van der Waals surface area (Å²) in [6.07, 6.45) is 0. The molecule has 10 aromatic carbocycles. The fourth-order valence-corrected chi connectivity index (χ4v) is 10.9. The van der Waals surface area contributed by atoms with Gasteiger partial charge in [0.15, 0.2) is 0 Å². The van der Waals surface area contributed by atoms with Crippen LogP contribution in [0.15, 0.2) is 237 Å². The first kappa shape index (κ1) is 37.1. The average molecular weight is 804 g/mol. The zero-order valence-corrected chi connectivity index (χ0v) is 35.5. The molecule has 0 bridgehead atoms. The van der Waals surface area contributed by atoms with Crippen molar-refractivity contribution in [3.63, 3.8) is 0 Å². The Kier molecular flexibility index (Phi) is 8.49. The fraction of sp³-hybridized carbons (Fsp3) is 0.0645. The summed E-state index contributed by atoms with van der Waals surface area (Å²) >= 11 is 0. The molecule has 0 unspecified atom stereocenters. The van der Waals surface area contributed by atoms with Gasteiger partial charge < -0.3 is 4.90 Å². The number of fused-ring (bicyclic) bond motifs is 1. The Morgan fingerprint density at radius 2 is 0.698 bits per heavy atom. The van der Waals surface area contributed by atoms with Crippen molar-refractivity contribution >= 4 is 27.8 Å². The van der Waals surface area contributed by atoms with Crippen LogP contribution in [0, 0.1) is 0 Å². The van der Waals surface area contributed by atoms with Crippen molar-refractivity contribution in [3.8, 4) is 44.5 Å². The second-order valence-corrected chi connectivity index (χ2v) is 17.6. The largest absolute Gasteiger partial charge is 0.311 e. The number of anilines is 3. The molecule has 0 atom stereocenters. The third-order valence-electron chi connectivity index (χ3n) is 14.0. The van der Waals surface area contributed by atoms with Gasteiger partial charge in [-0.15, -0.1) is 0 Å². The van der Waals surface area contributed by atoms with Crippen LogP contribution in [0.3, 0.4) is 0 Å². The molecule has 0 aromatic heterocycles. The second kappa shape index (κ2) is 14.4. The second-order valence-electron chi connectivity index (χ2n) is 17.6. The molecule has 0 amide bonds. The predicted octanol–water partition coefficient (Wildman–Crippen LogP) is 16.3. The molecule has 63 heavy (non-hydrogen) atoms. The van der Waals surface area contributed by atoms with E-state index < -0.39 is 5.41 Å². The highest BCUT2D eigenvalue weighted by Crippen LogP contribution is 2.64. The van der Waals surface area contributed by atoms with E-state index in [9.17, 15) is 0 Å². The van der Waals surface area contributed by atoms with E-state index in [1.807, 2.05) is 0 Å². The lowest BCUT2D eigenvalue weighted by atomic mass is 9.65. The Labute approximate surface area is 370 Å². The van der Waals surface area contributed by atoms with E-state index in [0.717, 1.165) is 17.1 Å². The van der Waals surface area contributed by atoms with Gasteiger partial charge in [-0.1, -0.05) is 214 Å². The summed E-state index contributed by atoms with van der Waals surface area (Å²) in [6, 6.07) is 87.3. The van der Waals surface area contributed by atoms with E-state index in [1.54, 1.807) is 0 Å². The molecule has 298 valence electrons. The van der Waals surface area contributed by atoms with Crippen LogP contribution in [0.2, 0.25) is 0 Å². The number of benzene rings is 10. The molecule has 0 saturated heterocycles. The molecule has 0 radical (unpaired) electrons. The molecule has 2 aliphatic carbocycles. The van der Waals surface area contributed by atoms with Gasteiger partial charge in [0.2, 0.25) is 0 Å². The van der Waals surface area contributed by atoms with E-state index in [2.05, 4.69) is 255 Å². The average Bonchev–Trinajstić information content (AvgIpc) is 3.79. The SMILES string of the molecule is CC1(C)c2cccc3c2-c2c1cccc2C3(c1ccccc1)c1ccc(-c2ccc(N(c3ccc(-c4ccccc4)cc3)c3ccc(-c4cccc5ccccc45)cc3)cc2)cc1. The van der Waals surface area contributed by atoms with Gasteiger partial charge in [0.1, 0.15) is 0 Å². The van der Waals surface area contributed by atoms with Crippen molar-refractivity contribution in [1.82, 2.24) is 0 Å². The molecular weight excluding hydrogens is 759 g/mol. The van der Waals surface area contributed by atoms with Gasteiger partial charge in [-0.25, -0.2) is 0 Å². The fourth-order valence-electron chi connectivity index (χ4n) is 10.9. The zero-order valence-electron chi connectivity index (χ0n) is 35.5. The van der Waals surface area contributed by atoms with Crippen LogP contribution < -0.4 is 4.90 Å². The molecule has 0 N–H and O–H groups in total. The highest BCUT2D eigenvalue weighted by atomic mass is 15.1. The van der Waals surface area contributed by atoms with E-state index >= 15 is 0 Å². The first-order valence-electron chi connectivity index (χ1n) is 22.1. The van der Waals surface area contributed by atoms with Crippen molar-refractivity contribution in [1.29, 1.82) is 0 Å². The normalized spacial score (nSPS) is 13.8. The summed E-state index contributed by atoms with van der Waals surface area (Å²) in [6.45, 7) is 4.76. The summed E-state index contributed by atoms with van der Waals surface area (Å²) in [5.74, 6) is 0. The Morgan fingerprint density at radius 3 is 1.25 bits per heavy atom. The molecular formula is C62H45N. The topological polar surface area (TPSA) is 3.24 Å². The summed E-state index contributed by atoms with van der Waals surface area (Å²) in [5.41, 5.74) is 21.2. The highest BCUT2D eigenvalue weighted by Gasteiger charge is 2.52. The Hall–Kier alpha value is -7.74. The molecule has 2 aliphatic rings. The molecule has 0 aliphatic heterocycles. The minimum atomic E-state index is -0.406. The van der Waals surface area contributed by atoms with Crippen LogP contribution >= 0.6 is 0 Å². The number of nitrogens with zero attached hydrogens (tertiary/aromatic N) is 1. The summed E-state index contributed by atoms with van der Waals surface area (Å²) in [4.78, 5) is 2.36. The quantitative estimate of drug-likeness (QED) is 0.148. The number of hydrogen-bond acceptors (Lipinski definition) is 1. The van der Waals surface area contributed by atoms with Gasteiger partial charge in [0, 0.05) is 22.5 Å². The van der Waals surface area contributed by atoms with Crippen LogP contribution in [0.4, 0.5) is 17.1 Å². The lowest BCUT2D eigenvalue weighted by Gasteiger charge is -2.36. The molecule has 0 spiro atoms. The lowest BCUT2D eigenvalue weighted by molar-refractivity contribution is 0.652. The van der Waals surface area contributed by atoms with Crippen LogP contribution in [-0.4, -0.2) is 0 Å². The van der Waals surface area contributed by atoms with Crippen LogP contribution in [0.1, 0.15) is 47.2 Å². The van der Waals surface area contributed by atoms with Gasteiger partial charge in [-0.2, -0.15) is 0 Å². The van der Waals surface area contributed by atoms with Crippen molar-refractivity contribution in [2.75, 3.05) is 4.90 Å². The van der Waals surface area contributed by atoms with E-state index in [1.165, 1.54) is 88.7 Å². The highest BCUT2D eigenvalue weighted by molar-refractivity contribution is 5.97. The van der Waals surface area contributed by atoms with Crippen molar-refractivity contribution < 1.29 is 0 Å². The Bertz CT molecular complexity index is 3250. The van der Waals surface area contributed by atoms with Crippen LogP contribution in [0.5, 0.6) is 0 Å². The van der Waals surface area contributed by atoms with E-state index in [4.69, 9.17) is 0 Å². The van der Waals surface area contributed by atoms with Crippen molar-refractivity contribution in [2.24, 2.45) is 0 Å². The van der Waals surface area contributed by atoms with Gasteiger partial charge in [0.25, 0.3) is 0 Å². The predicted molar refractivity (Wildman–Crippen MR) is 264 cm³/mol. The van der Waals surface area contributed by atoms with Gasteiger partial charge >= 0.3 is 0 Å².